The molecule has 8 nitrogen and oxygen atoms in total. The fourth-order valence-corrected chi connectivity index (χ4v) is 4.56. The Bertz CT molecular complexity index is 1190. The van der Waals surface area contributed by atoms with E-state index in [0.717, 1.165) is 34.5 Å². The standard InChI is InChI=1S/C26H30N4O4S/c1-17-5-4-6-20(15-17)24-28-29-26(35-24)27-23(31)12-14-30(25(32)19-8-9-19)13-11-18-7-10-21(33-2)22(16-18)34-3/h4-7,10,15-16,19H,8-9,11-14H2,1-3H3,(H,27,29,31). The van der Waals surface area contributed by atoms with Crippen LogP contribution in [0.4, 0.5) is 5.13 Å². The molecule has 0 aliphatic heterocycles. The highest BCUT2D eigenvalue weighted by Gasteiger charge is 2.33. The van der Waals surface area contributed by atoms with Gasteiger partial charge < -0.3 is 19.7 Å². The Morgan fingerprint density at radius 3 is 2.57 bits per heavy atom. The summed E-state index contributed by atoms with van der Waals surface area (Å²) >= 11 is 1.34. The molecule has 1 N–H and O–H groups in total. The molecule has 9 heteroatoms. The van der Waals surface area contributed by atoms with Crippen LogP contribution in [0.2, 0.25) is 0 Å². The van der Waals surface area contributed by atoms with Gasteiger partial charge in [0.05, 0.1) is 14.2 Å². The molecule has 1 aromatic heterocycles. The Balaban J connectivity index is 1.33. The molecule has 4 rings (SSSR count). The molecule has 1 saturated carbocycles. The van der Waals surface area contributed by atoms with E-state index in [1.54, 1.807) is 19.1 Å². The number of anilines is 1. The molecule has 0 radical (unpaired) electrons. The summed E-state index contributed by atoms with van der Waals surface area (Å²) in [6, 6.07) is 13.7. The predicted octanol–water partition coefficient (Wildman–Crippen LogP) is 4.34. The number of rotatable bonds is 11. The van der Waals surface area contributed by atoms with Gasteiger partial charge in [0.15, 0.2) is 11.5 Å². The third kappa shape index (κ3) is 6.57. The van der Waals surface area contributed by atoms with Crippen LogP contribution in [0.5, 0.6) is 11.5 Å². The van der Waals surface area contributed by atoms with Gasteiger partial charge in [-0.25, -0.2) is 0 Å². The number of amides is 2. The fraction of sp³-hybridized carbons (Fsp3) is 0.385. The summed E-state index contributed by atoms with van der Waals surface area (Å²) in [5.74, 6) is 1.35. The van der Waals surface area contributed by atoms with Crippen molar-refractivity contribution in [3.05, 3.63) is 53.6 Å². The second-order valence-electron chi connectivity index (χ2n) is 8.62. The third-order valence-electron chi connectivity index (χ3n) is 5.90. The van der Waals surface area contributed by atoms with Crippen molar-refractivity contribution in [2.75, 3.05) is 32.6 Å². The number of aryl methyl sites for hydroxylation is 1. The van der Waals surface area contributed by atoms with Crippen LogP contribution in [-0.2, 0) is 16.0 Å². The highest BCUT2D eigenvalue weighted by Crippen LogP contribution is 2.32. The van der Waals surface area contributed by atoms with Crippen molar-refractivity contribution in [2.24, 2.45) is 5.92 Å². The first-order valence-electron chi connectivity index (χ1n) is 11.7. The number of hydrogen-bond donors (Lipinski definition) is 1. The van der Waals surface area contributed by atoms with Crippen molar-refractivity contribution in [3.8, 4) is 22.1 Å². The summed E-state index contributed by atoms with van der Waals surface area (Å²) in [7, 11) is 3.20. The highest BCUT2D eigenvalue weighted by molar-refractivity contribution is 7.18. The lowest BCUT2D eigenvalue weighted by molar-refractivity contribution is -0.132. The van der Waals surface area contributed by atoms with Crippen LogP contribution in [0, 0.1) is 12.8 Å². The van der Waals surface area contributed by atoms with Crippen LogP contribution in [0.1, 0.15) is 30.4 Å². The van der Waals surface area contributed by atoms with Gasteiger partial charge in [-0.2, -0.15) is 0 Å². The molecule has 0 atom stereocenters. The van der Waals surface area contributed by atoms with Gasteiger partial charge in [-0.05, 0) is 49.9 Å². The fourth-order valence-electron chi connectivity index (χ4n) is 3.81. The topological polar surface area (TPSA) is 93.6 Å². The normalized spacial score (nSPS) is 12.8. The monoisotopic (exact) mass is 494 g/mol. The number of ether oxygens (including phenoxy) is 2. The van der Waals surface area contributed by atoms with E-state index in [0.29, 0.717) is 36.1 Å². The van der Waals surface area contributed by atoms with E-state index in [9.17, 15) is 9.59 Å². The quantitative estimate of drug-likeness (QED) is 0.426. The summed E-state index contributed by atoms with van der Waals surface area (Å²) in [4.78, 5) is 27.2. The van der Waals surface area contributed by atoms with Crippen LogP contribution in [0.25, 0.3) is 10.6 Å². The molecule has 1 aliphatic rings. The maximum Gasteiger partial charge on any atom is 0.227 e. The zero-order valence-corrected chi connectivity index (χ0v) is 21.1. The van der Waals surface area contributed by atoms with Crippen LogP contribution in [0.3, 0.4) is 0 Å². The van der Waals surface area contributed by atoms with Crippen molar-refractivity contribution in [3.63, 3.8) is 0 Å². The van der Waals surface area contributed by atoms with Gasteiger partial charge >= 0.3 is 0 Å². The number of nitrogens with zero attached hydrogens (tertiary/aromatic N) is 3. The summed E-state index contributed by atoms with van der Waals surface area (Å²) in [5.41, 5.74) is 3.15. The van der Waals surface area contributed by atoms with E-state index >= 15 is 0 Å². The number of aromatic nitrogens is 2. The molecule has 2 aromatic carbocycles. The lowest BCUT2D eigenvalue weighted by Gasteiger charge is -2.23. The van der Waals surface area contributed by atoms with Gasteiger partial charge in [0, 0.05) is 31.0 Å². The third-order valence-corrected chi connectivity index (χ3v) is 6.79. The molecule has 35 heavy (non-hydrogen) atoms. The molecule has 0 bridgehead atoms. The number of carbonyl (C=O) groups is 2. The molecule has 1 fully saturated rings. The van der Waals surface area contributed by atoms with Crippen LogP contribution in [0.15, 0.2) is 42.5 Å². The molecule has 0 saturated heterocycles. The molecule has 184 valence electrons. The van der Waals surface area contributed by atoms with Crippen LogP contribution in [-0.4, -0.2) is 54.2 Å². The largest absolute Gasteiger partial charge is 0.493 e. The van der Waals surface area contributed by atoms with E-state index in [4.69, 9.17) is 9.47 Å². The van der Waals surface area contributed by atoms with Gasteiger partial charge in [-0.1, -0.05) is 41.2 Å². The Kier molecular flexibility index (Phi) is 7.97. The van der Waals surface area contributed by atoms with Gasteiger partial charge in [0.2, 0.25) is 16.9 Å². The first-order valence-corrected chi connectivity index (χ1v) is 12.5. The van der Waals surface area contributed by atoms with E-state index in [2.05, 4.69) is 15.5 Å². The molecule has 0 spiro atoms. The molecule has 1 heterocycles. The van der Waals surface area contributed by atoms with Gasteiger partial charge in [0.25, 0.3) is 0 Å². The van der Waals surface area contributed by atoms with Crippen LogP contribution < -0.4 is 14.8 Å². The molecule has 3 aromatic rings. The Hall–Kier alpha value is -3.46. The zero-order chi connectivity index (χ0) is 24.8. The van der Waals surface area contributed by atoms with Crippen molar-refractivity contribution in [1.82, 2.24) is 15.1 Å². The second-order valence-corrected chi connectivity index (χ2v) is 9.60. The van der Waals surface area contributed by atoms with E-state index in [-0.39, 0.29) is 24.2 Å². The molecule has 1 aliphatic carbocycles. The zero-order valence-electron chi connectivity index (χ0n) is 20.2. The van der Waals surface area contributed by atoms with Gasteiger partial charge in [0.1, 0.15) is 5.01 Å². The molecular weight excluding hydrogens is 464 g/mol. The minimum atomic E-state index is -0.184. The number of benzene rings is 2. The predicted molar refractivity (Wildman–Crippen MR) is 136 cm³/mol. The Morgan fingerprint density at radius 1 is 1.06 bits per heavy atom. The highest BCUT2D eigenvalue weighted by atomic mass is 32.1. The van der Waals surface area contributed by atoms with E-state index in [1.807, 2.05) is 49.4 Å². The van der Waals surface area contributed by atoms with E-state index < -0.39 is 0 Å². The maximum atomic E-state index is 12.8. The summed E-state index contributed by atoms with van der Waals surface area (Å²) in [6.07, 6.45) is 2.70. The Labute approximate surface area is 209 Å². The van der Waals surface area contributed by atoms with Crippen LogP contribution >= 0.6 is 11.3 Å². The summed E-state index contributed by atoms with van der Waals surface area (Å²) in [5, 5.41) is 12.3. The molecular formula is C26H30N4O4S. The van der Waals surface area contributed by atoms with Crippen molar-refractivity contribution in [2.45, 2.75) is 32.6 Å². The maximum absolute atomic E-state index is 12.8. The lowest BCUT2D eigenvalue weighted by Crippen LogP contribution is -2.36. The summed E-state index contributed by atoms with van der Waals surface area (Å²) < 4.78 is 10.7. The number of methoxy groups -OCH3 is 2. The first-order chi connectivity index (χ1) is 17.0. The average molecular weight is 495 g/mol. The van der Waals surface area contributed by atoms with Crippen molar-refractivity contribution >= 4 is 28.3 Å². The summed E-state index contributed by atoms with van der Waals surface area (Å²) in [6.45, 7) is 2.92. The number of carbonyl (C=O) groups excluding carboxylic acids is 2. The number of nitrogens with one attached hydrogen (secondary N) is 1. The number of hydrogen-bond acceptors (Lipinski definition) is 7. The minimum absolute atomic E-state index is 0.0866. The van der Waals surface area contributed by atoms with Gasteiger partial charge in [-0.3, -0.25) is 9.59 Å². The van der Waals surface area contributed by atoms with E-state index in [1.165, 1.54) is 11.3 Å². The van der Waals surface area contributed by atoms with Gasteiger partial charge in [-0.15, -0.1) is 10.2 Å². The lowest BCUT2D eigenvalue weighted by atomic mass is 10.1. The smallest absolute Gasteiger partial charge is 0.227 e. The first kappa shape index (κ1) is 24.7. The molecule has 0 unspecified atom stereocenters. The van der Waals surface area contributed by atoms with Crippen molar-refractivity contribution < 1.29 is 19.1 Å². The molecule has 2 amide bonds. The van der Waals surface area contributed by atoms with Crippen molar-refractivity contribution in [1.29, 1.82) is 0 Å². The Morgan fingerprint density at radius 2 is 1.86 bits per heavy atom. The average Bonchev–Trinajstić information content (AvgIpc) is 3.62. The SMILES string of the molecule is COc1ccc(CCN(CCC(=O)Nc2nnc(-c3cccc(C)c3)s2)C(=O)C2CC2)cc1OC. The minimum Gasteiger partial charge on any atom is -0.493 e. The second kappa shape index (κ2) is 11.3.